The number of halogens is 3. The van der Waals surface area contributed by atoms with Crippen LogP contribution in [-0.2, 0) is 14.3 Å². The van der Waals surface area contributed by atoms with Gasteiger partial charge in [0.05, 0.1) is 5.41 Å². The van der Waals surface area contributed by atoms with E-state index in [4.69, 9.17) is 9.47 Å². The molecule has 1 unspecified atom stereocenters. The zero-order valence-corrected chi connectivity index (χ0v) is 16.3. The van der Waals surface area contributed by atoms with E-state index in [0.29, 0.717) is 5.56 Å². The van der Waals surface area contributed by atoms with Crippen molar-refractivity contribution in [2.45, 2.75) is 65.5 Å². The van der Waals surface area contributed by atoms with Crippen molar-refractivity contribution in [1.29, 1.82) is 0 Å². The van der Waals surface area contributed by atoms with Gasteiger partial charge in [0.2, 0.25) is 0 Å². The van der Waals surface area contributed by atoms with E-state index in [1.165, 1.54) is 0 Å². The van der Waals surface area contributed by atoms with E-state index in [1.807, 2.05) is 5.32 Å². The second kappa shape index (κ2) is 8.19. The van der Waals surface area contributed by atoms with Gasteiger partial charge in [-0.3, -0.25) is 0 Å². The lowest BCUT2D eigenvalue weighted by molar-refractivity contribution is -0.225. The van der Waals surface area contributed by atoms with Gasteiger partial charge in [-0.15, -0.1) is 0 Å². The third kappa shape index (κ3) is 6.45. The number of alkyl halides is 3. The Labute approximate surface area is 157 Å². The molecule has 1 aromatic carbocycles. The highest BCUT2D eigenvalue weighted by Crippen LogP contribution is 2.41. The van der Waals surface area contributed by atoms with Gasteiger partial charge in [0, 0.05) is 0 Å². The average molecular weight is 389 g/mol. The minimum atomic E-state index is -4.76. The Morgan fingerprint density at radius 1 is 1.00 bits per heavy atom. The predicted octanol–water partition coefficient (Wildman–Crippen LogP) is 4.77. The maximum absolute atomic E-state index is 13.5. The molecule has 0 aliphatic carbocycles. The number of rotatable bonds is 5. The van der Waals surface area contributed by atoms with Crippen LogP contribution in [-0.4, -0.2) is 29.9 Å². The first-order valence-electron chi connectivity index (χ1n) is 8.47. The number of hydrogen-bond acceptors (Lipinski definition) is 4. The topological polar surface area (TPSA) is 64.6 Å². The number of nitrogens with one attached hydrogen (secondary N) is 1. The van der Waals surface area contributed by atoms with E-state index in [1.54, 1.807) is 58.0 Å². The fraction of sp³-hybridized carbons (Fsp3) is 0.579. The van der Waals surface area contributed by atoms with Crippen molar-refractivity contribution in [3.8, 4) is 0 Å². The largest absolute Gasteiger partial charge is 0.456 e. The van der Waals surface area contributed by atoms with Crippen LogP contribution in [0.5, 0.6) is 0 Å². The molecule has 0 radical (unpaired) electrons. The summed E-state index contributed by atoms with van der Waals surface area (Å²) in [7, 11) is 0. The normalized spacial score (nSPS) is 14.9. The van der Waals surface area contributed by atoms with E-state index in [9.17, 15) is 22.8 Å². The molecule has 0 aliphatic heterocycles. The van der Waals surface area contributed by atoms with Crippen LogP contribution in [0.25, 0.3) is 0 Å². The van der Waals surface area contributed by atoms with Gasteiger partial charge in [0.15, 0.2) is 0 Å². The zero-order valence-electron chi connectivity index (χ0n) is 16.3. The summed E-state index contributed by atoms with van der Waals surface area (Å²) in [6, 6.07) is 6.59. The fourth-order valence-corrected chi connectivity index (χ4v) is 2.16. The van der Waals surface area contributed by atoms with Crippen molar-refractivity contribution < 1.29 is 32.2 Å². The summed E-state index contributed by atoms with van der Waals surface area (Å²) in [5.74, 6) is -1.19. The molecule has 152 valence electrons. The van der Waals surface area contributed by atoms with Crippen molar-refractivity contribution >= 4 is 12.1 Å². The molecule has 8 heteroatoms. The second-order valence-corrected chi connectivity index (χ2v) is 7.79. The van der Waals surface area contributed by atoms with Crippen molar-refractivity contribution in [2.24, 2.45) is 5.41 Å². The standard InChI is InChI=1S/C19H26F3NO4/c1-12(13-10-8-7-9-11-13)26-15(24)14(18(5,6)19(20,21)22)23-16(25)27-17(2,3)4/h7-12,14H,1-6H3,(H,23,25)/t12-,14?/m0/s1. The van der Waals surface area contributed by atoms with Gasteiger partial charge in [-0.25, -0.2) is 9.59 Å². The molecule has 1 aromatic rings. The van der Waals surface area contributed by atoms with E-state index in [-0.39, 0.29) is 0 Å². The van der Waals surface area contributed by atoms with E-state index < -0.39 is 41.4 Å². The van der Waals surface area contributed by atoms with Crippen LogP contribution < -0.4 is 5.32 Å². The number of carbonyl (C=O) groups is 2. The molecule has 0 saturated carbocycles. The Morgan fingerprint density at radius 3 is 1.96 bits per heavy atom. The van der Waals surface area contributed by atoms with Crippen LogP contribution >= 0.6 is 0 Å². The monoisotopic (exact) mass is 389 g/mol. The number of esters is 1. The highest BCUT2D eigenvalue weighted by Gasteiger charge is 2.56. The fourth-order valence-electron chi connectivity index (χ4n) is 2.16. The third-order valence-electron chi connectivity index (χ3n) is 3.91. The van der Waals surface area contributed by atoms with Crippen molar-refractivity contribution in [2.75, 3.05) is 0 Å². The summed E-state index contributed by atoms with van der Waals surface area (Å²) in [5, 5.41) is 2.02. The Balaban J connectivity index is 3.06. The number of carbonyl (C=O) groups excluding carboxylic acids is 2. The van der Waals surface area contributed by atoms with Crippen molar-refractivity contribution in [1.82, 2.24) is 5.32 Å². The maximum Gasteiger partial charge on any atom is 0.408 e. The smallest absolute Gasteiger partial charge is 0.408 e. The number of benzene rings is 1. The van der Waals surface area contributed by atoms with Crippen LogP contribution in [0.1, 0.15) is 53.2 Å². The molecule has 0 aromatic heterocycles. The van der Waals surface area contributed by atoms with Crippen molar-refractivity contribution in [3.05, 3.63) is 35.9 Å². The number of alkyl carbamates (subject to hydrolysis) is 1. The summed E-state index contributed by atoms with van der Waals surface area (Å²) in [5.41, 5.74) is -2.89. The molecule has 5 nitrogen and oxygen atoms in total. The molecule has 0 fully saturated rings. The van der Waals surface area contributed by atoms with E-state index >= 15 is 0 Å². The molecular weight excluding hydrogens is 363 g/mol. The summed E-state index contributed by atoms with van der Waals surface area (Å²) in [4.78, 5) is 24.5. The van der Waals surface area contributed by atoms with Crippen LogP contribution in [0, 0.1) is 5.41 Å². The van der Waals surface area contributed by atoms with Crippen LogP contribution in [0.15, 0.2) is 30.3 Å². The maximum atomic E-state index is 13.5. The van der Waals surface area contributed by atoms with E-state index in [0.717, 1.165) is 13.8 Å². The molecule has 0 bridgehead atoms. The highest BCUT2D eigenvalue weighted by molar-refractivity contribution is 5.82. The quantitative estimate of drug-likeness (QED) is 0.737. The lowest BCUT2D eigenvalue weighted by atomic mass is 9.83. The van der Waals surface area contributed by atoms with Gasteiger partial charge < -0.3 is 14.8 Å². The predicted molar refractivity (Wildman–Crippen MR) is 93.9 cm³/mol. The summed E-state index contributed by atoms with van der Waals surface area (Å²) in [6.45, 7) is 7.87. The molecule has 1 N–H and O–H groups in total. The number of hydrogen-bond donors (Lipinski definition) is 1. The van der Waals surface area contributed by atoms with Crippen LogP contribution in [0.2, 0.25) is 0 Å². The molecule has 0 aliphatic rings. The lowest BCUT2D eigenvalue weighted by Gasteiger charge is -2.35. The van der Waals surface area contributed by atoms with Gasteiger partial charge in [-0.1, -0.05) is 30.3 Å². The lowest BCUT2D eigenvalue weighted by Crippen LogP contribution is -2.57. The Kier molecular flexibility index (Phi) is 6.91. The summed E-state index contributed by atoms with van der Waals surface area (Å²) in [6.07, 6.45) is -6.68. The Bertz CT molecular complexity index is 651. The first-order chi connectivity index (χ1) is 12.1. The van der Waals surface area contributed by atoms with Crippen LogP contribution in [0.3, 0.4) is 0 Å². The van der Waals surface area contributed by atoms with Gasteiger partial charge in [0.1, 0.15) is 17.7 Å². The van der Waals surface area contributed by atoms with Crippen molar-refractivity contribution in [3.63, 3.8) is 0 Å². The summed E-state index contributed by atoms with van der Waals surface area (Å²) < 4.78 is 50.7. The number of ether oxygens (including phenoxy) is 2. The van der Waals surface area contributed by atoms with Gasteiger partial charge >= 0.3 is 18.2 Å². The first-order valence-corrected chi connectivity index (χ1v) is 8.47. The first kappa shape index (κ1) is 22.8. The molecule has 27 heavy (non-hydrogen) atoms. The second-order valence-electron chi connectivity index (χ2n) is 7.79. The highest BCUT2D eigenvalue weighted by atomic mass is 19.4. The molecule has 2 atom stereocenters. The molecule has 0 saturated heterocycles. The van der Waals surface area contributed by atoms with Gasteiger partial charge in [-0.05, 0) is 47.1 Å². The SMILES string of the molecule is C[C@H](OC(=O)C(NC(=O)OC(C)(C)C)C(C)(C)C(F)(F)F)c1ccccc1. The Morgan fingerprint density at radius 2 is 1.52 bits per heavy atom. The molecule has 1 rings (SSSR count). The summed E-state index contributed by atoms with van der Waals surface area (Å²) >= 11 is 0. The van der Waals surface area contributed by atoms with Crippen LogP contribution in [0.4, 0.5) is 18.0 Å². The number of amides is 1. The molecule has 1 amide bonds. The third-order valence-corrected chi connectivity index (χ3v) is 3.91. The minimum Gasteiger partial charge on any atom is -0.456 e. The van der Waals surface area contributed by atoms with Gasteiger partial charge in [0.25, 0.3) is 0 Å². The molecule has 0 spiro atoms. The minimum absolute atomic E-state index is 0.617. The average Bonchev–Trinajstić information content (AvgIpc) is 2.50. The molecule has 0 heterocycles. The van der Waals surface area contributed by atoms with E-state index in [2.05, 4.69) is 0 Å². The molecular formula is C19H26F3NO4. The van der Waals surface area contributed by atoms with Gasteiger partial charge in [-0.2, -0.15) is 13.2 Å². The zero-order chi connectivity index (χ0) is 21.0. The Hall–Kier alpha value is -2.25.